The van der Waals surface area contributed by atoms with Crippen molar-refractivity contribution in [1.29, 1.82) is 10.8 Å². The van der Waals surface area contributed by atoms with E-state index in [0.717, 1.165) is 32.4 Å². The third kappa shape index (κ3) is 12.5. The van der Waals surface area contributed by atoms with Gasteiger partial charge in [-0.15, -0.1) is 22.7 Å². The van der Waals surface area contributed by atoms with E-state index in [1.807, 2.05) is 0 Å². The van der Waals surface area contributed by atoms with Crippen LogP contribution in [0.2, 0.25) is 0 Å². The second-order valence-corrected chi connectivity index (χ2v) is 17.6. The van der Waals surface area contributed by atoms with Crippen molar-refractivity contribution in [2.75, 3.05) is 82.1 Å². The van der Waals surface area contributed by atoms with E-state index in [2.05, 4.69) is 24.6 Å². The van der Waals surface area contributed by atoms with E-state index in [4.69, 9.17) is 25.0 Å². The number of benzene rings is 2. The van der Waals surface area contributed by atoms with Gasteiger partial charge in [0.15, 0.2) is 0 Å². The van der Waals surface area contributed by atoms with Crippen LogP contribution >= 0.6 is 22.7 Å². The summed E-state index contributed by atoms with van der Waals surface area (Å²) < 4.78 is 42.1. The van der Waals surface area contributed by atoms with E-state index in [1.165, 1.54) is 34.7 Å². The maximum Gasteiger partial charge on any atom is 0.414 e. The van der Waals surface area contributed by atoms with Crippen molar-refractivity contribution < 1.29 is 50.8 Å². The van der Waals surface area contributed by atoms with Crippen LogP contribution in [0.5, 0.6) is 0 Å². The molecular formula is C40H44N8O11S3. The zero-order valence-electron chi connectivity index (χ0n) is 33.6. The number of piperazine rings is 1. The minimum absolute atomic E-state index is 0.00170. The lowest BCUT2D eigenvalue weighted by molar-refractivity contribution is -0.142. The summed E-state index contributed by atoms with van der Waals surface area (Å²) in [6.07, 6.45) is -1.04. The molecule has 7 rings (SSSR count). The molecule has 3 aliphatic rings. The lowest BCUT2D eigenvalue weighted by Crippen LogP contribution is -2.50. The summed E-state index contributed by atoms with van der Waals surface area (Å²) in [4.78, 5) is 68.3. The Labute approximate surface area is 365 Å². The number of hydrogen-bond donors (Lipinski definition) is 4. The smallest absolute Gasteiger partial charge is 0.414 e. The van der Waals surface area contributed by atoms with Gasteiger partial charge in [0.25, 0.3) is 21.9 Å². The lowest BCUT2D eigenvalue weighted by Gasteiger charge is -2.34. The first-order valence-corrected chi connectivity index (χ1v) is 22.6. The Kier molecular flexibility index (Phi) is 15.2. The fourth-order valence-corrected chi connectivity index (χ4v) is 8.07. The third-order valence-electron chi connectivity index (χ3n) is 9.63. The van der Waals surface area contributed by atoms with Gasteiger partial charge in [0.2, 0.25) is 0 Å². The largest absolute Gasteiger partial charge is 0.468 e. The van der Waals surface area contributed by atoms with Gasteiger partial charge in [0.1, 0.15) is 30.5 Å². The van der Waals surface area contributed by atoms with Gasteiger partial charge in [-0.05, 0) is 71.4 Å². The number of esters is 1. The van der Waals surface area contributed by atoms with E-state index in [-0.39, 0.29) is 48.7 Å². The molecule has 3 saturated heterocycles. The second-order valence-electron chi connectivity index (χ2n) is 14.1. The highest BCUT2D eigenvalue weighted by Gasteiger charge is 2.35. The van der Waals surface area contributed by atoms with Crippen molar-refractivity contribution in [2.45, 2.75) is 12.2 Å². The Morgan fingerprint density at radius 1 is 0.726 bits per heavy atom. The first-order chi connectivity index (χ1) is 29.6. The van der Waals surface area contributed by atoms with Gasteiger partial charge in [0.05, 0.1) is 42.8 Å². The molecule has 4 N–H and O–H groups in total. The van der Waals surface area contributed by atoms with Gasteiger partial charge < -0.3 is 24.8 Å². The number of carbonyl (C=O) groups excluding carboxylic acids is 5. The Bertz CT molecular complexity index is 2350. The summed E-state index contributed by atoms with van der Waals surface area (Å²) in [5.74, 6) is -0.978. The molecule has 4 amide bonds. The first-order valence-electron chi connectivity index (χ1n) is 19.1. The van der Waals surface area contributed by atoms with Crippen molar-refractivity contribution in [3.63, 3.8) is 0 Å². The number of anilines is 2. The minimum Gasteiger partial charge on any atom is -0.468 e. The molecule has 0 radical (unpaired) electrons. The van der Waals surface area contributed by atoms with E-state index in [0.29, 0.717) is 51.9 Å². The Balaban J connectivity index is 0.000000211. The Morgan fingerprint density at radius 2 is 1.18 bits per heavy atom. The first kappa shape index (κ1) is 45.5. The molecule has 0 saturated carbocycles. The number of nitrogens with one attached hydrogen (secondary N) is 4. The highest BCUT2D eigenvalue weighted by molar-refractivity contribution is 7.86. The van der Waals surface area contributed by atoms with E-state index in [9.17, 15) is 32.4 Å². The van der Waals surface area contributed by atoms with Crippen molar-refractivity contribution >= 4 is 85.8 Å². The van der Waals surface area contributed by atoms with Crippen LogP contribution in [0.15, 0.2) is 83.6 Å². The molecule has 3 fully saturated rings. The zero-order chi connectivity index (χ0) is 44.4. The third-order valence-corrected chi connectivity index (χ3v) is 11.9. The number of amidine groups is 2. The number of amides is 4. The Hall–Kier alpha value is -6.04. The van der Waals surface area contributed by atoms with Gasteiger partial charge in [0, 0.05) is 55.2 Å². The molecule has 5 heterocycles. The van der Waals surface area contributed by atoms with Crippen molar-refractivity contribution in [3.05, 3.63) is 104 Å². The van der Waals surface area contributed by atoms with Crippen LogP contribution in [0.3, 0.4) is 0 Å². The zero-order valence-corrected chi connectivity index (χ0v) is 36.1. The van der Waals surface area contributed by atoms with Crippen molar-refractivity contribution in [1.82, 2.24) is 20.4 Å². The minimum atomic E-state index is -3.62. The molecule has 2 unspecified atom stereocenters. The fourth-order valence-electron chi connectivity index (χ4n) is 6.44. The maximum absolute atomic E-state index is 12.5. The summed E-state index contributed by atoms with van der Waals surface area (Å²) in [6.45, 7) is 4.35. The van der Waals surface area contributed by atoms with Crippen LogP contribution in [0.4, 0.5) is 21.0 Å². The number of carbonyl (C=O) groups is 5. The second kappa shape index (κ2) is 20.7. The van der Waals surface area contributed by atoms with Crippen LogP contribution in [0.1, 0.15) is 30.5 Å². The average Bonchev–Trinajstić information content (AvgIpc) is 4.10. The summed E-state index contributed by atoms with van der Waals surface area (Å²) in [5.41, 5.74) is 2.21. The quantitative estimate of drug-likeness (QED) is 0.0495. The number of nitrogens with zero attached hydrogens (tertiary/aromatic N) is 4. The van der Waals surface area contributed by atoms with Crippen LogP contribution in [-0.2, 0) is 33.3 Å². The van der Waals surface area contributed by atoms with Gasteiger partial charge >= 0.3 is 18.2 Å². The molecule has 22 heteroatoms. The predicted molar refractivity (Wildman–Crippen MR) is 231 cm³/mol. The van der Waals surface area contributed by atoms with Gasteiger partial charge in [-0.25, -0.2) is 9.59 Å². The van der Waals surface area contributed by atoms with Crippen LogP contribution in [0.25, 0.3) is 0 Å². The molecule has 4 aromatic rings. The molecule has 0 spiro atoms. The van der Waals surface area contributed by atoms with Crippen LogP contribution < -0.4 is 20.4 Å². The fraction of sp³-hybridized carbons (Fsp3) is 0.325. The van der Waals surface area contributed by atoms with Gasteiger partial charge in [-0.1, -0.05) is 12.1 Å². The normalized spacial score (nSPS) is 18.0. The molecule has 0 aliphatic carbocycles. The standard InChI is InChI=1S/C23H27N5O5S.C17H17N3O6S2/c1-32-20(29)15-27-10-8-26(9-11-27)13-18-14-28(23(31)33-18)17-6-4-16(5-7-17)21(24)25-22(30)19-3-2-12-34-19;1-28(23,24)25-10-13-9-20(17(22)26-13)12-6-4-11(5-7-12)15(18)19-16(21)14-3-2-8-27-14/h2-7,12,18H,8-11,13-15H2,1H3,(H2,24,25,30);2-8,13H,9-10H2,1H3,(H2,18,19,21). The lowest BCUT2D eigenvalue weighted by atomic mass is 10.1. The monoisotopic (exact) mass is 908 g/mol. The van der Waals surface area contributed by atoms with Crippen molar-refractivity contribution in [2.24, 2.45) is 0 Å². The number of rotatable bonds is 13. The molecule has 62 heavy (non-hydrogen) atoms. The molecule has 328 valence electrons. The molecule has 2 aromatic heterocycles. The number of ether oxygens (including phenoxy) is 3. The summed E-state index contributed by atoms with van der Waals surface area (Å²) in [6, 6.07) is 20.2. The number of thiophene rings is 2. The average molecular weight is 909 g/mol. The predicted octanol–water partition coefficient (Wildman–Crippen LogP) is 3.42. The Morgan fingerprint density at radius 3 is 1.61 bits per heavy atom. The number of cyclic esters (lactones) is 2. The SMILES string of the molecule is COC(=O)CN1CCN(CC2CN(c3ccc(C(=N)NC(=O)c4cccs4)cc3)C(=O)O2)CC1.CS(=O)(=O)OCC1CN(c2ccc(C(=N)NC(=O)c3cccs3)cc2)C(=O)O1. The van der Waals surface area contributed by atoms with E-state index in [1.54, 1.807) is 88.5 Å². The summed E-state index contributed by atoms with van der Waals surface area (Å²) in [7, 11) is -2.23. The molecule has 2 atom stereocenters. The topological polar surface area (TPSA) is 241 Å². The summed E-state index contributed by atoms with van der Waals surface area (Å²) >= 11 is 2.59. The molecule has 0 bridgehead atoms. The molecule has 3 aliphatic heterocycles. The van der Waals surface area contributed by atoms with Gasteiger partial charge in [-0.2, -0.15) is 8.42 Å². The highest BCUT2D eigenvalue weighted by Crippen LogP contribution is 2.24. The number of hydrogen-bond acceptors (Lipinski definition) is 17. The highest BCUT2D eigenvalue weighted by atomic mass is 32.2. The van der Waals surface area contributed by atoms with E-state index >= 15 is 0 Å². The molecule has 19 nitrogen and oxygen atoms in total. The molecular weight excluding hydrogens is 865 g/mol. The summed E-state index contributed by atoms with van der Waals surface area (Å²) in [5, 5.41) is 24.8. The van der Waals surface area contributed by atoms with Crippen LogP contribution in [0, 0.1) is 10.8 Å². The number of methoxy groups -OCH3 is 1. The van der Waals surface area contributed by atoms with Crippen LogP contribution in [-0.4, -0.2) is 144 Å². The maximum atomic E-state index is 12.5. The van der Waals surface area contributed by atoms with Crippen molar-refractivity contribution in [3.8, 4) is 0 Å². The van der Waals surface area contributed by atoms with Gasteiger partial charge in [-0.3, -0.25) is 49.0 Å². The molecule has 2 aromatic carbocycles. The van der Waals surface area contributed by atoms with E-state index < -0.39 is 28.4 Å².